The summed E-state index contributed by atoms with van der Waals surface area (Å²) in [5, 5.41) is 2.39. The highest BCUT2D eigenvalue weighted by molar-refractivity contribution is 7.00. The molecule has 9 heteroatoms. The lowest BCUT2D eigenvalue weighted by Gasteiger charge is -2.44. The summed E-state index contributed by atoms with van der Waals surface area (Å²) in [5.74, 6) is 2.33. The number of hydrogen-bond acceptors (Lipinski definition) is 7. The van der Waals surface area contributed by atoms with Crippen LogP contribution in [0.4, 0.5) is 34.1 Å². The Balaban J connectivity index is 0.849. The molecule has 0 aliphatic carbocycles. The number of anilines is 6. The van der Waals surface area contributed by atoms with Gasteiger partial charge in [-0.2, -0.15) is 0 Å². The maximum atomic E-state index is 5.75. The van der Waals surface area contributed by atoms with E-state index in [-0.39, 0.29) is 17.5 Å². The van der Waals surface area contributed by atoms with E-state index in [9.17, 15) is 0 Å². The standard InChI is InChI=1S/C87H67BN8/c1-86(2,3)63-45-48-74-67(53-63)68-54-64(87(4,5)6)46-49-75(68)96(74)76-47-44-62(85-92-82(57-28-13-8-14-29-57)91-83(93-85)58-30-15-9-16-31-58)52-69(76)73-55-72(56-26-11-7-12-27-56)89-84(90-73)61-34-23-32-59(50-61)60-33-24-37-66(51-60)95-78-41-22-20-39-71(78)88-70-38-19-21-40-77(70)94(65-35-17-10-18-36-65)79-42-25-43-80(95)81(79)88/h7-55H,1-6H3. The number of fused-ring (bicyclic) bond motifs is 7. The van der Waals surface area contributed by atoms with Crippen LogP contribution in [0.3, 0.4) is 0 Å². The van der Waals surface area contributed by atoms with Gasteiger partial charge in [0.15, 0.2) is 23.3 Å². The fourth-order valence-electron chi connectivity index (χ4n) is 14.3. The van der Waals surface area contributed by atoms with Crippen LogP contribution in [0.1, 0.15) is 52.7 Å². The van der Waals surface area contributed by atoms with Crippen molar-refractivity contribution >= 4 is 79.0 Å². The molecule has 0 fully saturated rings. The van der Waals surface area contributed by atoms with Crippen LogP contribution in [0.5, 0.6) is 0 Å². The number of hydrogen-bond donors (Lipinski definition) is 0. The number of para-hydroxylation sites is 3. The van der Waals surface area contributed by atoms with E-state index in [4.69, 9.17) is 24.9 Å². The van der Waals surface area contributed by atoms with E-state index < -0.39 is 0 Å². The monoisotopic (exact) mass is 1230 g/mol. The first-order chi connectivity index (χ1) is 46.9. The lowest BCUT2D eigenvalue weighted by molar-refractivity contribution is 0.590. The molecule has 96 heavy (non-hydrogen) atoms. The summed E-state index contributed by atoms with van der Waals surface area (Å²) < 4.78 is 2.43. The third-order valence-electron chi connectivity index (χ3n) is 19.1. The Morgan fingerprint density at radius 2 is 0.698 bits per heavy atom. The van der Waals surface area contributed by atoms with Gasteiger partial charge in [0.1, 0.15) is 0 Å². The van der Waals surface area contributed by atoms with Gasteiger partial charge in [0.2, 0.25) is 0 Å². The van der Waals surface area contributed by atoms with Crippen LogP contribution in [0.2, 0.25) is 0 Å². The van der Waals surface area contributed by atoms with Gasteiger partial charge in [-0.1, -0.05) is 236 Å². The number of benzene rings is 12. The van der Waals surface area contributed by atoms with Gasteiger partial charge < -0.3 is 14.4 Å². The van der Waals surface area contributed by atoms with Crippen LogP contribution in [0.15, 0.2) is 297 Å². The van der Waals surface area contributed by atoms with Crippen molar-refractivity contribution in [2.45, 2.75) is 52.4 Å². The maximum absolute atomic E-state index is 5.75. The van der Waals surface area contributed by atoms with Gasteiger partial charge in [-0.05, 0) is 153 Å². The average molecular weight is 1240 g/mol. The van der Waals surface area contributed by atoms with Gasteiger partial charge in [0, 0.05) is 78.3 Å². The van der Waals surface area contributed by atoms with E-state index in [0.29, 0.717) is 23.3 Å². The Labute approximate surface area is 560 Å². The molecule has 15 aromatic rings. The second-order valence-electron chi connectivity index (χ2n) is 27.3. The average Bonchev–Trinajstić information content (AvgIpc) is 0.793. The molecule has 0 unspecified atom stereocenters. The van der Waals surface area contributed by atoms with E-state index in [1.807, 2.05) is 36.4 Å². The summed E-state index contributed by atoms with van der Waals surface area (Å²) in [6.07, 6.45) is 0. The van der Waals surface area contributed by atoms with Crippen molar-refractivity contribution in [1.29, 1.82) is 0 Å². The van der Waals surface area contributed by atoms with E-state index in [0.717, 1.165) is 95.4 Å². The molecule has 0 saturated carbocycles. The first-order valence-corrected chi connectivity index (χ1v) is 33.1. The van der Waals surface area contributed by atoms with Crippen molar-refractivity contribution in [1.82, 2.24) is 29.5 Å². The number of aromatic nitrogens is 6. The fraction of sp³-hybridized carbons (Fsp3) is 0.0920. The largest absolute Gasteiger partial charge is 0.311 e. The Hall–Kier alpha value is -11.8. The molecule has 0 atom stereocenters. The maximum Gasteiger partial charge on any atom is 0.252 e. The van der Waals surface area contributed by atoms with Crippen molar-refractivity contribution in [2.24, 2.45) is 0 Å². The molecule has 2 aliphatic heterocycles. The Morgan fingerprint density at radius 3 is 1.27 bits per heavy atom. The topological polar surface area (TPSA) is 75.9 Å². The molecule has 0 N–H and O–H groups in total. The minimum atomic E-state index is -0.0738. The smallest absolute Gasteiger partial charge is 0.252 e. The first-order valence-electron chi connectivity index (χ1n) is 33.1. The zero-order chi connectivity index (χ0) is 64.8. The number of nitrogens with zero attached hydrogens (tertiary/aromatic N) is 8. The molecule has 5 heterocycles. The van der Waals surface area contributed by atoms with Gasteiger partial charge in [-0.15, -0.1) is 0 Å². The van der Waals surface area contributed by atoms with Crippen LogP contribution in [0, 0.1) is 0 Å². The molecule has 17 rings (SSSR count). The zero-order valence-corrected chi connectivity index (χ0v) is 54.4. The molecule has 458 valence electrons. The second-order valence-corrected chi connectivity index (χ2v) is 27.3. The van der Waals surface area contributed by atoms with Crippen molar-refractivity contribution in [3.8, 4) is 84.9 Å². The summed E-state index contributed by atoms with van der Waals surface area (Å²) in [7, 11) is 0. The fourth-order valence-corrected chi connectivity index (χ4v) is 14.3. The Kier molecular flexibility index (Phi) is 13.9. The molecule has 0 bridgehead atoms. The summed E-state index contributed by atoms with van der Waals surface area (Å²) in [4.78, 5) is 31.8. The van der Waals surface area contributed by atoms with Crippen molar-refractivity contribution in [3.63, 3.8) is 0 Å². The van der Waals surface area contributed by atoms with Crippen LogP contribution >= 0.6 is 0 Å². The third-order valence-corrected chi connectivity index (χ3v) is 19.1. The van der Waals surface area contributed by atoms with Crippen molar-refractivity contribution in [2.75, 3.05) is 9.80 Å². The van der Waals surface area contributed by atoms with Gasteiger partial charge in [0.05, 0.1) is 28.1 Å². The Bertz CT molecular complexity index is 5390. The molecular formula is C87H67BN8. The predicted molar refractivity (Wildman–Crippen MR) is 399 cm³/mol. The minimum Gasteiger partial charge on any atom is -0.311 e. The third kappa shape index (κ3) is 10.1. The van der Waals surface area contributed by atoms with Crippen LogP contribution in [-0.4, -0.2) is 36.2 Å². The molecule has 8 nitrogen and oxygen atoms in total. The molecule has 0 radical (unpaired) electrons. The summed E-state index contributed by atoms with van der Waals surface area (Å²) in [5.41, 5.74) is 25.4. The van der Waals surface area contributed by atoms with Crippen LogP contribution in [-0.2, 0) is 10.8 Å². The molecule has 0 amide bonds. The second kappa shape index (κ2) is 23.0. The van der Waals surface area contributed by atoms with Gasteiger partial charge in [-0.3, -0.25) is 0 Å². The highest BCUT2D eigenvalue weighted by atomic mass is 15.2. The summed E-state index contributed by atoms with van der Waals surface area (Å²) in [6, 6.07) is 107. The van der Waals surface area contributed by atoms with E-state index in [1.165, 1.54) is 49.7 Å². The predicted octanol–water partition coefficient (Wildman–Crippen LogP) is 20.1. The lowest BCUT2D eigenvalue weighted by atomic mass is 9.33. The number of rotatable bonds is 10. The van der Waals surface area contributed by atoms with Crippen molar-refractivity contribution in [3.05, 3.63) is 308 Å². The van der Waals surface area contributed by atoms with Gasteiger partial charge >= 0.3 is 0 Å². The van der Waals surface area contributed by atoms with Gasteiger partial charge in [-0.25, -0.2) is 24.9 Å². The lowest BCUT2D eigenvalue weighted by Crippen LogP contribution is -2.61. The minimum absolute atomic E-state index is 0.0454. The highest BCUT2D eigenvalue weighted by Crippen LogP contribution is 2.46. The van der Waals surface area contributed by atoms with Gasteiger partial charge in [0.25, 0.3) is 6.71 Å². The molecular weight excluding hydrogens is 1170 g/mol. The molecule has 2 aliphatic rings. The van der Waals surface area contributed by atoms with Crippen LogP contribution < -0.4 is 26.2 Å². The Morgan fingerprint density at radius 1 is 0.281 bits per heavy atom. The SMILES string of the molecule is CC(C)(C)c1ccc2c(c1)c1cc(C(C)(C)C)ccc1n2-c1ccc(-c2nc(-c3ccccc3)nc(-c3ccccc3)n2)cc1-c1cc(-c2ccccc2)nc(-c2cccc(-c3cccc(N4c5ccccc5B5c6ccccc6N(c6ccccc6)c6cccc4c65)c3)c2)n1. The quantitative estimate of drug-likeness (QED) is 0.126. The van der Waals surface area contributed by atoms with E-state index in [2.05, 4.69) is 317 Å². The highest BCUT2D eigenvalue weighted by Gasteiger charge is 2.43. The molecule has 0 saturated heterocycles. The zero-order valence-electron chi connectivity index (χ0n) is 54.4. The summed E-state index contributed by atoms with van der Waals surface area (Å²) >= 11 is 0. The first kappa shape index (κ1) is 58.0. The van der Waals surface area contributed by atoms with Crippen LogP contribution in [0.25, 0.3) is 107 Å². The molecule has 12 aromatic carbocycles. The van der Waals surface area contributed by atoms with E-state index in [1.54, 1.807) is 0 Å². The van der Waals surface area contributed by atoms with Crippen molar-refractivity contribution < 1.29 is 0 Å². The van der Waals surface area contributed by atoms with E-state index >= 15 is 0 Å². The molecule has 3 aromatic heterocycles. The normalized spacial score (nSPS) is 12.6. The molecule has 0 spiro atoms. The summed E-state index contributed by atoms with van der Waals surface area (Å²) in [6.45, 7) is 13.8.